The van der Waals surface area contributed by atoms with Gasteiger partial charge in [0.15, 0.2) is 0 Å². The summed E-state index contributed by atoms with van der Waals surface area (Å²) in [7, 11) is 0. The lowest BCUT2D eigenvalue weighted by Gasteiger charge is -2.09. The maximum Gasteiger partial charge on any atom is 0.335 e. The highest BCUT2D eigenvalue weighted by Gasteiger charge is 2.15. The van der Waals surface area contributed by atoms with Crippen molar-refractivity contribution in [1.29, 1.82) is 0 Å². The largest absolute Gasteiger partial charge is 0.478 e. The van der Waals surface area contributed by atoms with Gasteiger partial charge in [0.05, 0.1) is 11.3 Å². The summed E-state index contributed by atoms with van der Waals surface area (Å²) in [5.74, 6) is -0.202. The van der Waals surface area contributed by atoms with E-state index in [0.717, 1.165) is 30.8 Å². The summed E-state index contributed by atoms with van der Waals surface area (Å²) < 4.78 is 0. The van der Waals surface area contributed by atoms with Crippen LogP contribution in [-0.2, 0) is 6.42 Å². The summed E-state index contributed by atoms with van der Waals surface area (Å²) in [4.78, 5) is 15.3. The van der Waals surface area contributed by atoms with Crippen molar-refractivity contribution in [3.8, 4) is 11.3 Å². The van der Waals surface area contributed by atoms with Crippen molar-refractivity contribution in [3.05, 3.63) is 53.7 Å². The molecule has 2 N–H and O–H groups in total. The SMILES string of the molecule is O=C(O)c1ccc(-c2cc(CC3CCNC3)ccn2)cc1. The number of hydrogen-bond acceptors (Lipinski definition) is 3. The number of rotatable bonds is 4. The van der Waals surface area contributed by atoms with Gasteiger partial charge in [-0.25, -0.2) is 4.79 Å². The molecule has 108 valence electrons. The Bertz CT molecular complexity index is 631. The standard InChI is InChI=1S/C17H18N2O2/c20-17(21)15-3-1-14(2-4-15)16-10-12(6-8-19-16)9-13-5-7-18-11-13/h1-4,6,8,10,13,18H,5,7,9,11H2,(H,20,21). The van der Waals surface area contributed by atoms with Crippen molar-refractivity contribution in [2.45, 2.75) is 12.8 Å². The quantitative estimate of drug-likeness (QED) is 0.905. The monoisotopic (exact) mass is 282 g/mol. The molecule has 1 unspecified atom stereocenters. The van der Waals surface area contributed by atoms with Gasteiger partial charge in [0.25, 0.3) is 0 Å². The summed E-state index contributed by atoms with van der Waals surface area (Å²) in [6.07, 6.45) is 4.12. The van der Waals surface area contributed by atoms with Gasteiger partial charge in [0, 0.05) is 11.8 Å². The van der Waals surface area contributed by atoms with Crippen LogP contribution in [-0.4, -0.2) is 29.1 Å². The molecule has 1 atom stereocenters. The molecule has 4 heteroatoms. The Balaban J connectivity index is 1.79. The van der Waals surface area contributed by atoms with E-state index in [1.807, 2.05) is 18.3 Å². The molecule has 1 aromatic heterocycles. The van der Waals surface area contributed by atoms with Gasteiger partial charge in [-0.15, -0.1) is 0 Å². The molecule has 0 spiro atoms. The number of pyridine rings is 1. The zero-order chi connectivity index (χ0) is 14.7. The molecule has 21 heavy (non-hydrogen) atoms. The zero-order valence-electron chi connectivity index (χ0n) is 11.7. The third-order valence-electron chi connectivity index (χ3n) is 3.94. The van der Waals surface area contributed by atoms with E-state index in [9.17, 15) is 4.79 Å². The van der Waals surface area contributed by atoms with E-state index in [1.54, 1.807) is 12.1 Å². The molecule has 0 saturated carbocycles. The molecular weight excluding hydrogens is 264 g/mol. The minimum Gasteiger partial charge on any atom is -0.478 e. The van der Waals surface area contributed by atoms with E-state index in [-0.39, 0.29) is 0 Å². The van der Waals surface area contributed by atoms with Crippen LogP contribution in [0.1, 0.15) is 22.3 Å². The molecular formula is C17H18N2O2. The van der Waals surface area contributed by atoms with Crippen molar-refractivity contribution in [3.63, 3.8) is 0 Å². The molecule has 0 bridgehead atoms. The van der Waals surface area contributed by atoms with E-state index in [0.29, 0.717) is 11.5 Å². The average molecular weight is 282 g/mol. The van der Waals surface area contributed by atoms with Crippen molar-refractivity contribution in [2.75, 3.05) is 13.1 Å². The van der Waals surface area contributed by atoms with Gasteiger partial charge >= 0.3 is 5.97 Å². The van der Waals surface area contributed by atoms with Crippen LogP contribution in [0.5, 0.6) is 0 Å². The number of carboxylic acid groups (broad SMARTS) is 1. The first-order chi connectivity index (χ1) is 10.2. The Hall–Kier alpha value is -2.20. The predicted molar refractivity (Wildman–Crippen MR) is 81.3 cm³/mol. The van der Waals surface area contributed by atoms with Gasteiger partial charge in [-0.2, -0.15) is 0 Å². The van der Waals surface area contributed by atoms with Crippen LogP contribution in [0.2, 0.25) is 0 Å². The Morgan fingerprint density at radius 3 is 2.76 bits per heavy atom. The van der Waals surface area contributed by atoms with Gasteiger partial charge in [-0.1, -0.05) is 12.1 Å². The topological polar surface area (TPSA) is 62.2 Å². The molecule has 2 aromatic rings. The zero-order valence-corrected chi connectivity index (χ0v) is 11.7. The lowest BCUT2D eigenvalue weighted by atomic mass is 9.98. The van der Waals surface area contributed by atoms with Crippen molar-refractivity contribution in [2.24, 2.45) is 5.92 Å². The molecule has 1 fully saturated rings. The highest BCUT2D eigenvalue weighted by molar-refractivity contribution is 5.88. The van der Waals surface area contributed by atoms with E-state index in [4.69, 9.17) is 5.11 Å². The first-order valence-corrected chi connectivity index (χ1v) is 7.22. The van der Waals surface area contributed by atoms with Crippen molar-refractivity contribution >= 4 is 5.97 Å². The number of benzene rings is 1. The fourth-order valence-electron chi connectivity index (χ4n) is 2.76. The second kappa shape index (κ2) is 6.06. The number of aromatic nitrogens is 1. The van der Waals surface area contributed by atoms with E-state index < -0.39 is 5.97 Å². The predicted octanol–water partition coefficient (Wildman–Crippen LogP) is 2.60. The number of carboxylic acids is 1. The van der Waals surface area contributed by atoms with Gasteiger partial charge in [-0.05, 0) is 61.7 Å². The fraction of sp³-hybridized carbons (Fsp3) is 0.294. The van der Waals surface area contributed by atoms with Gasteiger partial charge in [0.2, 0.25) is 0 Å². The third kappa shape index (κ3) is 3.28. The number of nitrogens with zero attached hydrogens (tertiary/aromatic N) is 1. The molecule has 2 heterocycles. The molecule has 0 amide bonds. The normalized spacial score (nSPS) is 17.8. The lowest BCUT2D eigenvalue weighted by Crippen LogP contribution is -2.10. The molecule has 1 aliphatic heterocycles. The van der Waals surface area contributed by atoms with Crippen LogP contribution in [0.15, 0.2) is 42.6 Å². The number of aromatic carboxylic acids is 1. The van der Waals surface area contributed by atoms with Gasteiger partial charge < -0.3 is 10.4 Å². The third-order valence-corrected chi connectivity index (χ3v) is 3.94. The summed E-state index contributed by atoms with van der Waals surface area (Å²) in [5.41, 5.74) is 3.43. The summed E-state index contributed by atoms with van der Waals surface area (Å²) >= 11 is 0. The van der Waals surface area contributed by atoms with Crippen LogP contribution in [0.3, 0.4) is 0 Å². The van der Waals surface area contributed by atoms with E-state index in [2.05, 4.69) is 22.4 Å². The van der Waals surface area contributed by atoms with Crippen LogP contribution < -0.4 is 5.32 Å². The summed E-state index contributed by atoms with van der Waals surface area (Å²) in [6.45, 7) is 2.20. The molecule has 0 radical (unpaired) electrons. The molecule has 4 nitrogen and oxygen atoms in total. The van der Waals surface area contributed by atoms with Crippen LogP contribution >= 0.6 is 0 Å². The van der Waals surface area contributed by atoms with Gasteiger partial charge in [0.1, 0.15) is 0 Å². The molecule has 1 saturated heterocycles. The first kappa shape index (κ1) is 13.8. The van der Waals surface area contributed by atoms with Crippen LogP contribution in [0.25, 0.3) is 11.3 Å². The molecule has 1 aliphatic rings. The van der Waals surface area contributed by atoms with E-state index >= 15 is 0 Å². The average Bonchev–Trinajstić information content (AvgIpc) is 3.00. The van der Waals surface area contributed by atoms with Gasteiger partial charge in [-0.3, -0.25) is 4.98 Å². The molecule has 0 aliphatic carbocycles. The number of carbonyl (C=O) groups is 1. The fourth-order valence-corrected chi connectivity index (χ4v) is 2.76. The molecule has 3 rings (SSSR count). The number of hydrogen-bond donors (Lipinski definition) is 2. The Labute approximate surface area is 123 Å². The maximum absolute atomic E-state index is 10.9. The number of nitrogens with one attached hydrogen (secondary N) is 1. The highest BCUT2D eigenvalue weighted by atomic mass is 16.4. The molecule has 1 aromatic carbocycles. The summed E-state index contributed by atoms with van der Waals surface area (Å²) in [5, 5.41) is 12.3. The Kier molecular flexibility index (Phi) is 3.97. The minimum atomic E-state index is -0.906. The summed E-state index contributed by atoms with van der Waals surface area (Å²) in [6, 6.07) is 11.0. The first-order valence-electron chi connectivity index (χ1n) is 7.22. The van der Waals surface area contributed by atoms with E-state index in [1.165, 1.54) is 12.0 Å². The minimum absolute atomic E-state index is 0.298. The maximum atomic E-state index is 10.9. The van der Waals surface area contributed by atoms with Crippen LogP contribution in [0, 0.1) is 5.92 Å². The lowest BCUT2D eigenvalue weighted by molar-refractivity contribution is 0.0697. The Morgan fingerprint density at radius 2 is 2.10 bits per heavy atom. The highest BCUT2D eigenvalue weighted by Crippen LogP contribution is 2.21. The second-order valence-corrected chi connectivity index (χ2v) is 5.49. The van der Waals surface area contributed by atoms with Crippen LogP contribution in [0.4, 0.5) is 0 Å². The van der Waals surface area contributed by atoms with Crippen molar-refractivity contribution < 1.29 is 9.90 Å². The second-order valence-electron chi connectivity index (χ2n) is 5.49. The van der Waals surface area contributed by atoms with Crippen molar-refractivity contribution in [1.82, 2.24) is 10.3 Å². The smallest absolute Gasteiger partial charge is 0.335 e. The Morgan fingerprint density at radius 1 is 1.29 bits per heavy atom.